The van der Waals surface area contributed by atoms with Crippen LogP contribution in [0.2, 0.25) is 0 Å². The molecule has 1 saturated heterocycles. The fraction of sp³-hybridized carbons (Fsp3) is 0.769. The molecule has 20 heavy (non-hydrogen) atoms. The van der Waals surface area contributed by atoms with Gasteiger partial charge in [-0.05, 0) is 26.4 Å². The fourth-order valence-electron chi connectivity index (χ4n) is 2.70. The van der Waals surface area contributed by atoms with E-state index in [-0.39, 0.29) is 24.1 Å². The van der Waals surface area contributed by atoms with Crippen molar-refractivity contribution in [2.75, 3.05) is 26.7 Å². The Kier molecular flexibility index (Phi) is 4.59. The number of carbonyl (C=O) groups excluding carboxylic acids is 1. The van der Waals surface area contributed by atoms with Crippen LogP contribution in [0.3, 0.4) is 0 Å². The molecule has 0 aromatic carbocycles. The normalized spacial score (nSPS) is 27.7. The lowest BCUT2D eigenvalue weighted by molar-refractivity contribution is -0.144. The predicted molar refractivity (Wildman–Crippen MR) is 72.5 cm³/mol. The lowest BCUT2D eigenvalue weighted by Gasteiger charge is -2.31. The Balaban J connectivity index is 2.02. The summed E-state index contributed by atoms with van der Waals surface area (Å²) in [7, 11) is 2.05. The molecule has 112 valence electrons. The molecule has 2 rings (SSSR count). The van der Waals surface area contributed by atoms with Crippen LogP contribution < -0.4 is 0 Å². The first-order valence-corrected chi connectivity index (χ1v) is 6.98. The zero-order chi connectivity index (χ0) is 14.7. The molecule has 0 aromatic rings. The zero-order valence-electron chi connectivity index (χ0n) is 11.9. The minimum Gasteiger partial charge on any atom is -0.477 e. The minimum absolute atomic E-state index is 0.0525. The standard InChI is InChI=1S/C13H21N3O4/c1-3-9-8-15(2)5-4-6-16(9)12(17)11-7-10(13(18)19)14-20-11/h9,11H,3-8H2,1-2H3,(H,18,19). The average molecular weight is 283 g/mol. The average Bonchev–Trinajstić information content (AvgIpc) is 2.83. The topological polar surface area (TPSA) is 82.4 Å². The van der Waals surface area contributed by atoms with Crippen LogP contribution in [-0.2, 0) is 14.4 Å². The molecule has 7 nitrogen and oxygen atoms in total. The van der Waals surface area contributed by atoms with Crippen molar-refractivity contribution in [3.63, 3.8) is 0 Å². The number of rotatable bonds is 3. The van der Waals surface area contributed by atoms with Crippen molar-refractivity contribution in [2.45, 2.75) is 38.3 Å². The lowest BCUT2D eigenvalue weighted by atomic mass is 10.1. The van der Waals surface area contributed by atoms with Gasteiger partial charge in [0.15, 0.2) is 5.71 Å². The first-order valence-electron chi connectivity index (χ1n) is 6.98. The van der Waals surface area contributed by atoms with E-state index in [1.54, 1.807) is 0 Å². The van der Waals surface area contributed by atoms with Crippen LogP contribution in [0.4, 0.5) is 0 Å². The number of hydrogen-bond acceptors (Lipinski definition) is 5. The predicted octanol–water partition coefficient (Wildman–Crippen LogP) is 0.159. The number of carboxylic acids is 1. The smallest absolute Gasteiger partial charge is 0.353 e. The number of amides is 1. The van der Waals surface area contributed by atoms with Crippen molar-refractivity contribution in [2.24, 2.45) is 5.16 Å². The quantitative estimate of drug-likeness (QED) is 0.797. The van der Waals surface area contributed by atoms with Crippen molar-refractivity contribution in [1.29, 1.82) is 0 Å². The van der Waals surface area contributed by atoms with Crippen molar-refractivity contribution < 1.29 is 19.5 Å². The molecule has 0 saturated carbocycles. The highest BCUT2D eigenvalue weighted by atomic mass is 16.6. The molecule has 2 unspecified atom stereocenters. The Bertz CT molecular complexity index is 424. The maximum Gasteiger partial charge on any atom is 0.353 e. The van der Waals surface area contributed by atoms with Crippen molar-refractivity contribution >= 4 is 17.6 Å². The molecule has 1 amide bonds. The summed E-state index contributed by atoms with van der Waals surface area (Å²) >= 11 is 0. The van der Waals surface area contributed by atoms with Crippen molar-refractivity contribution in [1.82, 2.24) is 9.80 Å². The SMILES string of the molecule is CCC1CN(C)CCCN1C(=O)C1CC(C(=O)O)=NO1. The molecule has 7 heteroatoms. The van der Waals surface area contributed by atoms with E-state index in [1.165, 1.54) is 0 Å². The van der Waals surface area contributed by atoms with Gasteiger partial charge in [0.1, 0.15) is 0 Å². The molecule has 0 aromatic heterocycles. The van der Waals surface area contributed by atoms with Crippen LogP contribution in [-0.4, -0.2) is 71.3 Å². The monoisotopic (exact) mass is 283 g/mol. The maximum atomic E-state index is 12.5. The van der Waals surface area contributed by atoms with Gasteiger partial charge < -0.3 is 19.7 Å². The number of oxime groups is 1. The van der Waals surface area contributed by atoms with E-state index in [1.807, 2.05) is 11.9 Å². The van der Waals surface area contributed by atoms with Crippen LogP contribution >= 0.6 is 0 Å². The van der Waals surface area contributed by atoms with Gasteiger partial charge in [0, 0.05) is 25.6 Å². The largest absolute Gasteiger partial charge is 0.477 e. The molecule has 2 aliphatic heterocycles. The third kappa shape index (κ3) is 3.09. The van der Waals surface area contributed by atoms with Crippen LogP contribution in [0.15, 0.2) is 5.16 Å². The Morgan fingerprint density at radius 3 is 2.80 bits per heavy atom. The molecule has 1 fully saturated rings. The second-order valence-electron chi connectivity index (χ2n) is 5.35. The molecule has 2 atom stereocenters. The first-order chi connectivity index (χ1) is 9.52. The first kappa shape index (κ1) is 14.8. The number of nitrogens with zero attached hydrogens (tertiary/aromatic N) is 3. The Labute approximate surface area is 118 Å². The van der Waals surface area contributed by atoms with E-state index in [0.717, 1.165) is 25.9 Å². The van der Waals surface area contributed by atoms with Gasteiger partial charge in [-0.25, -0.2) is 4.79 Å². The molecule has 1 N–H and O–H groups in total. The van der Waals surface area contributed by atoms with Crippen molar-refractivity contribution in [3.8, 4) is 0 Å². The third-order valence-corrected chi connectivity index (χ3v) is 3.85. The van der Waals surface area contributed by atoms with E-state index in [0.29, 0.717) is 6.54 Å². The van der Waals surface area contributed by atoms with Crippen molar-refractivity contribution in [3.05, 3.63) is 0 Å². The summed E-state index contributed by atoms with van der Waals surface area (Å²) in [5, 5.41) is 12.3. The Morgan fingerprint density at radius 2 is 2.20 bits per heavy atom. The molecule has 0 spiro atoms. The van der Waals surface area contributed by atoms with Gasteiger partial charge in [0.2, 0.25) is 6.10 Å². The minimum atomic E-state index is -1.12. The van der Waals surface area contributed by atoms with Crippen LogP contribution in [0.1, 0.15) is 26.2 Å². The summed E-state index contributed by atoms with van der Waals surface area (Å²) < 4.78 is 0. The van der Waals surface area contributed by atoms with Gasteiger partial charge in [-0.2, -0.15) is 0 Å². The highest BCUT2D eigenvalue weighted by Crippen LogP contribution is 2.19. The van der Waals surface area contributed by atoms with Gasteiger partial charge in [0.25, 0.3) is 5.91 Å². The van der Waals surface area contributed by atoms with E-state index in [9.17, 15) is 9.59 Å². The maximum absolute atomic E-state index is 12.5. The lowest BCUT2D eigenvalue weighted by Crippen LogP contribution is -2.48. The van der Waals surface area contributed by atoms with Gasteiger partial charge in [-0.15, -0.1) is 0 Å². The third-order valence-electron chi connectivity index (χ3n) is 3.85. The molecular weight excluding hydrogens is 262 g/mol. The van der Waals surface area contributed by atoms with Gasteiger partial charge >= 0.3 is 5.97 Å². The van der Waals surface area contributed by atoms with E-state index >= 15 is 0 Å². The second-order valence-corrected chi connectivity index (χ2v) is 5.35. The summed E-state index contributed by atoms with van der Waals surface area (Å²) in [6, 6.07) is 0.146. The molecule has 0 aliphatic carbocycles. The number of carbonyl (C=O) groups is 2. The van der Waals surface area contributed by atoms with Crippen LogP contribution in [0.25, 0.3) is 0 Å². The molecule has 2 heterocycles. The Hall–Kier alpha value is -1.63. The summed E-state index contributed by atoms with van der Waals surface area (Å²) in [5.74, 6) is -1.27. The molecular formula is C13H21N3O4. The summed E-state index contributed by atoms with van der Waals surface area (Å²) in [6.07, 6.45) is 1.06. The van der Waals surface area contributed by atoms with Crippen LogP contribution in [0, 0.1) is 0 Å². The summed E-state index contributed by atoms with van der Waals surface area (Å²) in [5.41, 5.74) is -0.0802. The highest BCUT2D eigenvalue weighted by Gasteiger charge is 2.37. The number of aliphatic carboxylic acids is 1. The molecule has 0 radical (unpaired) electrons. The number of carboxylic acid groups (broad SMARTS) is 1. The van der Waals surface area contributed by atoms with Crippen LogP contribution in [0.5, 0.6) is 0 Å². The Morgan fingerprint density at radius 1 is 1.45 bits per heavy atom. The second kappa shape index (κ2) is 6.21. The number of likely N-dealkylation sites (N-methyl/N-ethyl adjacent to an activating group) is 1. The number of hydrogen-bond donors (Lipinski definition) is 1. The van der Waals surface area contributed by atoms with Gasteiger partial charge in [0.05, 0.1) is 0 Å². The summed E-state index contributed by atoms with van der Waals surface area (Å²) in [6.45, 7) is 4.53. The van der Waals surface area contributed by atoms with E-state index in [2.05, 4.69) is 17.0 Å². The van der Waals surface area contributed by atoms with Gasteiger partial charge in [-0.3, -0.25) is 4.79 Å². The molecule has 0 bridgehead atoms. The van der Waals surface area contributed by atoms with E-state index in [4.69, 9.17) is 9.94 Å². The zero-order valence-corrected chi connectivity index (χ0v) is 11.9. The summed E-state index contributed by atoms with van der Waals surface area (Å²) in [4.78, 5) is 32.4. The van der Waals surface area contributed by atoms with Gasteiger partial charge in [-0.1, -0.05) is 12.1 Å². The highest BCUT2D eigenvalue weighted by molar-refractivity contribution is 6.36. The van der Waals surface area contributed by atoms with E-state index < -0.39 is 12.1 Å². The fourth-order valence-corrected chi connectivity index (χ4v) is 2.70. The molecule has 2 aliphatic rings.